The van der Waals surface area contributed by atoms with Crippen molar-refractivity contribution in [3.05, 3.63) is 0 Å². The third-order valence-corrected chi connectivity index (χ3v) is 2.50. The Labute approximate surface area is 94.3 Å². The van der Waals surface area contributed by atoms with E-state index in [0.29, 0.717) is 5.96 Å². The van der Waals surface area contributed by atoms with E-state index in [0.717, 1.165) is 31.2 Å². The first-order valence-corrected chi connectivity index (χ1v) is 5.34. The minimum atomic E-state index is -1.37. The van der Waals surface area contributed by atoms with Crippen molar-refractivity contribution < 1.29 is 0 Å². The Morgan fingerprint density at radius 3 is 2.75 bits per heavy atom. The highest BCUT2D eigenvalue weighted by atomic mass is 15.5. The first-order chi connectivity index (χ1) is 7.52. The molecule has 7 nitrogen and oxygen atoms in total. The molecular formula is C9H17N7. The molecule has 0 bridgehead atoms. The van der Waals surface area contributed by atoms with E-state index in [-0.39, 0.29) is 0 Å². The molecular weight excluding hydrogens is 206 g/mol. The fraction of sp³-hybridized carbons (Fsp3) is 0.667. The highest BCUT2D eigenvalue weighted by molar-refractivity contribution is 6.08. The lowest BCUT2D eigenvalue weighted by Gasteiger charge is -2.29. The summed E-state index contributed by atoms with van der Waals surface area (Å²) in [6.07, 6.45) is 0.735. The molecule has 0 radical (unpaired) electrons. The van der Waals surface area contributed by atoms with Crippen LogP contribution in [0.4, 0.5) is 0 Å². The van der Waals surface area contributed by atoms with Gasteiger partial charge in [0.25, 0.3) is 5.91 Å². The summed E-state index contributed by atoms with van der Waals surface area (Å²) in [7, 11) is 0. The standard InChI is InChI=1S/C9H17N7/c1-3-7-13-8(15-9(10,11)14-7)16-5-4-12-6(16)2/h3-5,10-11H2,1-2H3,(H,13,14,15). The van der Waals surface area contributed by atoms with Crippen molar-refractivity contribution in [2.24, 2.45) is 26.4 Å². The van der Waals surface area contributed by atoms with Gasteiger partial charge >= 0.3 is 0 Å². The van der Waals surface area contributed by atoms with Gasteiger partial charge in [0, 0.05) is 13.0 Å². The normalized spacial score (nSPS) is 23.5. The van der Waals surface area contributed by atoms with Crippen molar-refractivity contribution >= 4 is 17.6 Å². The number of nitrogens with one attached hydrogen (secondary N) is 1. The van der Waals surface area contributed by atoms with Crippen molar-refractivity contribution in [3.8, 4) is 0 Å². The third kappa shape index (κ3) is 2.05. The first kappa shape index (κ1) is 11.0. The van der Waals surface area contributed by atoms with E-state index in [1.165, 1.54) is 0 Å². The zero-order chi connectivity index (χ0) is 11.8. The molecule has 16 heavy (non-hydrogen) atoms. The number of hydrogen-bond acceptors (Lipinski definition) is 7. The Kier molecular flexibility index (Phi) is 2.64. The van der Waals surface area contributed by atoms with Crippen LogP contribution in [0, 0.1) is 0 Å². The number of rotatable bonds is 1. The zero-order valence-electron chi connectivity index (χ0n) is 9.56. The van der Waals surface area contributed by atoms with Gasteiger partial charge in [-0.2, -0.15) is 4.99 Å². The third-order valence-electron chi connectivity index (χ3n) is 2.50. The molecule has 5 N–H and O–H groups in total. The minimum absolute atomic E-state index is 0.635. The molecule has 0 aliphatic carbocycles. The molecule has 0 saturated carbocycles. The fourth-order valence-electron chi connectivity index (χ4n) is 1.71. The van der Waals surface area contributed by atoms with Crippen LogP contribution in [-0.4, -0.2) is 41.5 Å². The molecule has 0 aromatic carbocycles. The Morgan fingerprint density at radius 2 is 2.19 bits per heavy atom. The molecule has 0 saturated heterocycles. The highest BCUT2D eigenvalue weighted by Crippen LogP contribution is 2.09. The molecule has 0 spiro atoms. The lowest BCUT2D eigenvalue weighted by molar-refractivity contribution is 0.464. The van der Waals surface area contributed by atoms with Gasteiger partial charge in [-0.15, -0.1) is 0 Å². The average molecular weight is 223 g/mol. The van der Waals surface area contributed by atoms with Crippen molar-refractivity contribution in [2.75, 3.05) is 13.1 Å². The van der Waals surface area contributed by atoms with Crippen LogP contribution in [-0.2, 0) is 0 Å². The van der Waals surface area contributed by atoms with Gasteiger partial charge in [-0.1, -0.05) is 6.92 Å². The number of aliphatic imine (C=N–C) groups is 3. The van der Waals surface area contributed by atoms with Crippen LogP contribution in [0.3, 0.4) is 0 Å². The summed E-state index contributed by atoms with van der Waals surface area (Å²) in [6, 6.07) is 0. The summed E-state index contributed by atoms with van der Waals surface area (Å²) in [6.45, 7) is 5.48. The van der Waals surface area contributed by atoms with E-state index in [1.54, 1.807) is 0 Å². The number of hydrogen-bond donors (Lipinski definition) is 3. The molecule has 0 aromatic heterocycles. The smallest absolute Gasteiger partial charge is 0.264 e. The summed E-state index contributed by atoms with van der Waals surface area (Å²) in [5.74, 6) is 0.930. The predicted molar refractivity (Wildman–Crippen MR) is 64.1 cm³/mol. The lowest BCUT2D eigenvalue weighted by atomic mass is 10.4. The van der Waals surface area contributed by atoms with Crippen LogP contribution >= 0.6 is 0 Å². The second-order valence-electron chi connectivity index (χ2n) is 3.84. The maximum atomic E-state index is 5.74. The summed E-state index contributed by atoms with van der Waals surface area (Å²) in [5.41, 5.74) is 11.5. The predicted octanol–water partition coefficient (Wildman–Crippen LogP) is -0.983. The Hall–Kier alpha value is -1.47. The van der Waals surface area contributed by atoms with E-state index in [1.807, 2.05) is 18.7 Å². The molecule has 88 valence electrons. The minimum Gasteiger partial charge on any atom is -0.314 e. The molecule has 0 amide bonds. The Balaban J connectivity index is 2.23. The molecule has 2 aliphatic rings. The lowest BCUT2D eigenvalue weighted by Crippen LogP contribution is -2.57. The molecule has 0 fully saturated rings. The summed E-state index contributed by atoms with van der Waals surface area (Å²) < 4.78 is 0. The van der Waals surface area contributed by atoms with Crippen molar-refractivity contribution in [1.29, 1.82) is 0 Å². The first-order valence-electron chi connectivity index (χ1n) is 5.34. The zero-order valence-corrected chi connectivity index (χ0v) is 9.56. The van der Waals surface area contributed by atoms with Gasteiger partial charge in [-0.05, 0) is 6.92 Å². The van der Waals surface area contributed by atoms with E-state index in [4.69, 9.17) is 11.5 Å². The SMILES string of the molecule is CCC1=NC(N)(N)N=C(N2CCN=C2C)N1. The number of nitrogens with zero attached hydrogens (tertiary/aromatic N) is 4. The van der Waals surface area contributed by atoms with E-state index in [9.17, 15) is 0 Å². The molecule has 0 atom stereocenters. The Bertz CT molecular complexity index is 379. The molecule has 0 unspecified atom stereocenters. The van der Waals surface area contributed by atoms with Crippen molar-refractivity contribution in [1.82, 2.24) is 10.2 Å². The quantitative estimate of drug-likeness (QED) is 0.497. The molecule has 0 aromatic rings. The van der Waals surface area contributed by atoms with Crippen molar-refractivity contribution in [3.63, 3.8) is 0 Å². The second-order valence-corrected chi connectivity index (χ2v) is 3.84. The van der Waals surface area contributed by atoms with Crippen molar-refractivity contribution in [2.45, 2.75) is 26.2 Å². The molecule has 2 rings (SSSR count). The van der Waals surface area contributed by atoms with E-state index < -0.39 is 5.91 Å². The van der Waals surface area contributed by atoms with Gasteiger partial charge in [0.15, 0.2) is 0 Å². The summed E-state index contributed by atoms with van der Waals surface area (Å²) in [5, 5.41) is 3.12. The van der Waals surface area contributed by atoms with Gasteiger partial charge in [0.2, 0.25) is 5.96 Å². The van der Waals surface area contributed by atoms with E-state index in [2.05, 4.69) is 20.3 Å². The van der Waals surface area contributed by atoms with Crippen LogP contribution in [0.25, 0.3) is 0 Å². The second kappa shape index (κ2) is 3.84. The summed E-state index contributed by atoms with van der Waals surface area (Å²) >= 11 is 0. The van der Waals surface area contributed by atoms with Gasteiger partial charge in [0.1, 0.15) is 11.7 Å². The van der Waals surface area contributed by atoms with Gasteiger partial charge < -0.3 is 5.32 Å². The van der Waals surface area contributed by atoms with Gasteiger partial charge in [-0.3, -0.25) is 21.4 Å². The van der Waals surface area contributed by atoms with E-state index >= 15 is 0 Å². The number of nitrogens with two attached hydrogens (primary N) is 2. The van der Waals surface area contributed by atoms with Crippen LogP contribution in [0.2, 0.25) is 0 Å². The van der Waals surface area contributed by atoms with Crippen LogP contribution in [0.1, 0.15) is 20.3 Å². The molecule has 2 heterocycles. The number of guanidine groups is 1. The topological polar surface area (TPSA) is 104 Å². The Morgan fingerprint density at radius 1 is 1.44 bits per heavy atom. The van der Waals surface area contributed by atoms with Crippen LogP contribution in [0.15, 0.2) is 15.0 Å². The molecule has 2 aliphatic heterocycles. The van der Waals surface area contributed by atoms with Gasteiger partial charge in [-0.25, -0.2) is 4.99 Å². The largest absolute Gasteiger partial charge is 0.314 e. The van der Waals surface area contributed by atoms with Crippen LogP contribution < -0.4 is 16.8 Å². The summed E-state index contributed by atoms with van der Waals surface area (Å²) in [4.78, 5) is 14.5. The maximum absolute atomic E-state index is 5.74. The fourth-order valence-corrected chi connectivity index (χ4v) is 1.71. The maximum Gasteiger partial charge on any atom is 0.264 e. The van der Waals surface area contributed by atoms with Crippen LogP contribution in [0.5, 0.6) is 0 Å². The number of amidine groups is 2. The average Bonchev–Trinajstić information content (AvgIpc) is 2.62. The monoisotopic (exact) mass is 223 g/mol. The highest BCUT2D eigenvalue weighted by Gasteiger charge is 2.28. The van der Waals surface area contributed by atoms with Gasteiger partial charge in [0.05, 0.1) is 6.54 Å². The molecule has 7 heteroatoms.